The lowest BCUT2D eigenvalue weighted by Gasteiger charge is -2.34. The molecule has 0 saturated carbocycles. The Bertz CT molecular complexity index is 442. The molecule has 0 spiro atoms. The van der Waals surface area contributed by atoms with Gasteiger partial charge in [-0.2, -0.15) is 4.31 Å². The summed E-state index contributed by atoms with van der Waals surface area (Å²) in [6, 6.07) is 0. The molecule has 9 heteroatoms. The number of carbonyl (C=O) groups excluding carboxylic acids is 1. The zero-order chi connectivity index (χ0) is 14.6. The summed E-state index contributed by atoms with van der Waals surface area (Å²) in [6.07, 6.45) is 0. The molecule has 1 atom stereocenters. The molecule has 1 rings (SSSR count). The first-order valence-electron chi connectivity index (χ1n) is 5.93. The number of likely N-dealkylation sites (N-methyl/N-ethyl adjacent to an activating group) is 1. The molecule has 19 heavy (non-hydrogen) atoms. The van der Waals surface area contributed by atoms with Gasteiger partial charge in [-0.05, 0) is 6.92 Å². The second-order valence-electron chi connectivity index (χ2n) is 4.37. The molecule has 0 aromatic heterocycles. The van der Waals surface area contributed by atoms with Crippen LogP contribution in [0.3, 0.4) is 0 Å². The third-order valence-corrected chi connectivity index (χ3v) is 5.31. The number of hydrogen-bond donors (Lipinski definition) is 2. The molecule has 0 radical (unpaired) electrons. The third-order valence-electron chi connectivity index (χ3n) is 3.13. The van der Waals surface area contributed by atoms with Crippen molar-refractivity contribution in [1.82, 2.24) is 14.5 Å². The van der Waals surface area contributed by atoms with Crippen molar-refractivity contribution in [1.29, 1.82) is 0 Å². The summed E-state index contributed by atoms with van der Waals surface area (Å²) in [7, 11) is -2.27. The monoisotopic (exact) mass is 293 g/mol. The number of carboxylic acid groups (broad SMARTS) is 1. The highest BCUT2D eigenvalue weighted by Crippen LogP contribution is 2.12. The topological polar surface area (TPSA) is 107 Å². The molecule has 1 saturated heterocycles. The van der Waals surface area contributed by atoms with Crippen LogP contribution in [0.2, 0.25) is 0 Å². The van der Waals surface area contributed by atoms with Crippen LogP contribution >= 0.6 is 0 Å². The zero-order valence-corrected chi connectivity index (χ0v) is 11.8. The molecule has 1 aliphatic rings. The summed E-state index contributed by atoms with van der Waals surface area (Å²) in [6.45, 7) is 2.62. The third kappa shape index (κ3) is 3.88. The molecule has 2 N–H and O–H groups in total. The van der Waals surface area contributed by atoms with Gasteiger partial charge in [0.05, 0.1) is 6.54 Å². The van der Waals surface area contributed by atoms with Crippen LogP contribution in [0.1, 0.15) is 6.92 Å². The quantitative estimate of drug-likeness (QED) is 0.616. The molecule has 1 aliphatic heterocycles. The number of nitrogens with zero attached hydrogens (tertiary/aromatic N) is 2. The Morgan fingerprint density at radius 3 is 2.21 bits per heavy atom. The Hall–Kier alpha value is -1.19. The van der Waals surface area contributed by atoms with Gasteiger partial charge < -0.3 is 10.4 Å². The van der Waals surface area contributed by atoms with Crippen LogP contribution in [-0.4, -0.2) is 79.6 Å². The molecule has 0 aliphatic carbocycles. The first kappa shape index (κ1) is 15.9. The number of aliphatic carboxylic acids is 1. The van der Waals surface area contributed by atoms with Crippen molar-refractivity contribution in [2.45, 2.75) is 12.2 Å². The van der Waals surface area contributed by atoms with E-state index >= 15 is 0 Å². The van der Waals surface area contributed by atoms with Crippen molar-refractivity contribution >= 4 is 21.9 Å². The number of amides is 1. The van der Waals surface area contributed by atoms with Gasteiger partial charge in [-0.3, -0.25) is 14.5 Å². The minimum Gasteiger partial charge on any atom is -0.480 e. The number of carboxylic acids is 1. The number of sulfonamides is 1. The molecule has 1 fully saturated rings. The fourth-order valence-corrected chi connectivity index (χ4v) is 3.15. The van der Waals surface area contributed by atoms with E-state index < -0.39 is 21.2 Å². The zero-order valence-electron chi connectivity index (χ0n) is 11.0. The van der Waals surface area contributed by atoms with E-state index in [-0.39, 0.29) is 25.5 Å². The van der Waals surface area contributed by atoms with E-state index in [1.165, 1.54) is 11.4 Å². The average molecular weight is 293 g/mol. The van der Waals surface area contributed by atoms with Crippen molar-refractivity contribution in [3.8, 4) is 0 Å². The Labute approximate surface area is 112 Å². The number of piperazine rings is 1. The van der Waals surface area contributed by atoms with Crippen LogP contribution in [0.5, 0.6) is 0 Å². The summed E-state index contributed by atoms with van der Waals surface area (Å²) in [5, 5.41) is 9.83. The lowest BCUT2D eigenvalue weighted by molar-refractivity contribution is -0.136. The summed E-state index contributed by atoms with van der Waals surface area (Å²) < 4.78 is 25.1. The van der Waals surface area contributed by atoms with Crippen LogP contribution in [0.15, 0.2) is 0 Å². The van der Waals surface area contributed by atoms with Crippen LogP contribution in [0, 0.1) is 0 Å². The highest BCUT2D eigenvalue weighted by atomic mass is 32.2. The standard InChI is InChI=1S/C10H19N3O5S/c1-8(10(15)16)19(17,18)13-5-3-12(4-6-13)7-9(14)11-2/h8H,3-7H2,1-2H3,(H,11,14)(H,15,16). The Kier molecular flexibility index (Phi) is 5.27. The fourth-order valence-electron chi connectivity index (χ4n) is 1.78. The van der Waals surface area contributed by atoms with Crippen molar-refractivity contribution in [3.63, 3.8) is 0 Å². The molecule has 8 nitrogen and oxygen atoms in total. The number of nitrogens with one attached hydrogen (secondary N) is 1. The Morgan fingerprint density at radius 1 is 1.26 bits per heavy atom. The van der Waals surface area contributed by atoms with Gasteiger partial charge >= 0.3 is 5.97 Å². The second-order valence-corrected chi connectivity index (χ2v) is 6.63. The number of rotatable bonds is 5. The average Bonchev–Trinajstić information content (AvgIpc) is 2.38. The largest absolute Gasteiger partial charge is 0.480 e. The van der Waals surface area contributed by atoms with Gasteiger partial charge in [0.15, 0.2) is 5.25 Å². The van der Waals surface area contributed by atoms with E-state index in [0.717, 1.165) is 6.92 Å². The maximum absolute atomic E-state index is 12.0. The van der Waals surface area contributed by atoms with Crippen molar-refractivity contribution in [2.75, 3.05) is 39.8 Å². The van der Waals surface area contributed by atoms with Gasteiger partial charge in [-0.25, -0.2) is 8.42 Å². The van der Waals surface area contributed by atoms with E-state index in [1.807, 2.05) is 4.90 Å². The van der Waals surface area contributed by atoms with Crippen molar-refractivity contribution < 1.29 is 23.1 Å². The minimum atomic E-state index is -3.81. The SMILES string of the molecule is CNC(=O)CN1CCN(S(=O)(=O)C(C)C(=O)O)CC1. The van der Waals surface area contributed by atoms with Crippen molar-refractivity contribution in [2.24, 2.45) is 0 Å². The van der Waals surface area contributed by atoms with Gasteiger partial charge in [0.1, 0.15) is 0 Å². The molecule has 0 aromatic rings. The molecule has 1 heterocycles. The normalized spacial score (nSPS) is 19.9. The van der Waals surface area contributed by atoms with E-state index in [2.05, 4.69) is 5.32 Å². The maximum Gasteiger partial charge on any atom is 0.323 e. The molecule has 0 aromatic carbocycles. The lowest BCUT2D eigenvalue weighted by atomic mass is 10.3. The smallest absolute Gasteiger partial charge is 0.323 e. The van der Waals surface area contributed by atoms with E-state index in [1.54, 1.807) is 0 Å². The van der Waals surface area contributed by atoms with Gasteiger partial charge in [-0.15, -0.1) is 0 Å². The molecule has 0 bridgehead atoms. The predicted molar refractivity (Wildman–Crippen MR) is 68.1 cm³/mol. The van der Waals surface area contributed by atoms with Crippen molar-refractivity contribution in [3.05, 3.63) is 0 Å². The molecular formula is C10H19N3O5S. The fraction of sp³-hybridized carbons (Fsp3) is 0.800. The maximum atomic E-state index is 12.0. The Balaban J connectivity index is 2.59. The Morgan fingerprint density at radius 2 is 1.79 bits per heavy atom. The predicted octanol–water partition coefficient (Wildman–Crippen LogP) is -1.85. The summed E-state index contributed by atoms with van der Waals surface area (Å²) in [5.74, 6) is -1.48. The van der Waals surface area contributed by atoms with Crippen LogP contribution in [0.25, 0.3) is 0 Å². The summed E-state index contributed by atoms with van der Waals surface area (Å²) in [4.78, 5) is 23.8. The first-order valence-corrected chi connectivity index (χ1v) is 7.44. The van der Waals surface area contributed by atoms with E-state index in [0.29, 0.717) is 13.1 Å². The number of carbonyl (C=O) groups is 2. The molecular weight excluding hydrogens is 274 g/mol. The summed E-state index contributed by atoms with van der Waals surface area (Å²) in [5.41, 5.74) is 0. The lowest BCUT2D eigenvalue weighted by Crippen LogP contribution is -2.53. The van der Waals surface area contributed by atoms with E-state index in [4.69, 9.17) is 5.11 Å². The molecule has 110 valence electrons. The van der Waals surface area contributed by atoms with Crippen LogP contribution < -0.4 is 5.32 Å². The summed E-state index contributed by atoms with van der Waals surface area (Å²) >= 11 is 0. The van der Waals surface area contributed by atoms with Gasteiger partial charge in [0.25, 0.3) is 0 Å². The molecule has 1 amide bonds. The highest BCUT2D eigenvalue weighted by Gasteiger charge is 2.35. The highest BCUT2D eigenvalue weighted by molar-refractivity contribution is 7.90. The number of hydrogen-bond acceptors (Lipinski definition) is 5. The van der Waals surface area contributed by atoms with Gasteiger partial charge in [0.2, 0.25) is 15.9 Å². The van der Waals surface area contributed by atoms with Gasteiger partial charge in [-0.1, -0.05) is 0 Å². The molecule has 1 unspecified atom stereocenters. The van der Waals surface area contributed by atoms with E-state index in [9.17, 15) is 18.0 Å². The second kappa shape index (κ2) is 6.31. The van der Waals surface area contributed by atoms with Crippen LogP contribution in [0.4, 0.5) is 0 Å². The van der Waals surface area contributed by atoms with Crippen LogP contribution in [-0.2, 0) is 19.6 Å². The minimum absolute atomic E-state index is 0.129. The van der Waals surface area contributed by atoms with Gasteiger partial charge in [0, 0.05) is 33.2 Å². The first-order chi connectivity index (χ1) is 8.78.